The summed E-state index contributed by atoms with van der Waals surface area (Å²) in [5.41, 5.74) is 2.29. The highest BCUT2D eigenvalue weighted by molar-refractivity contribution is 5.55. The fraction of sp³-hybridized carbons (Fsp3) is 0.622. The third kappa shape index (κ3) is 17.3. The highest BCUT2D eigenvalue weighted by Gasteiger charge is 2.03. The standard InChI is InChI=1S/C37H58N2O/c1-3-5-7-9-11-12-13-14-15-16-17-18-19-21-23-25-31-40-36-29-27-35(28-30-36)37-38-32-34(33-39-37)26-24-22-20-10-8-6-4-2/h11-12,14-15,27-30,32-33H,3-10,13,16-26,31H2,1-2H3. The van der Waals surface area contributed by atoms with E-state index in [-0.39, 0.29) is 0 Å². The second-order valence-electron chi connectivity index (χ2n) is 11.2. The summed E-state index contributed by atoms with van der Waals surface area (Å²) >= 11 is 0. The van der Waals surface area contributed by atoms with Crippen molar-refractivity contribution in [1.82, 2.24) is 9.97 Å². The topological polar surface area (TPSA) is 35.0 Å². The highest BCUT2D eigenvalue weighted by atomic mass is 16.5. The number of aryl methyl sites for hydroxylation is 1. The molecule has 0 N–H and O–H groups in total. The lowest BCUT2D eigenvalue weighted by Crippen LogP contribution is -1.97. The predicted molar refractivity (Wildman–Crippen MR) is 174 cm³/mol. The van der Waals surface area contributed by atoms with Crippen molar-refractivity contribution in [1.29, 1.82) is 0 Å². The minimum Gasteiger partial charge on any atom is -0.494 e. The lowest BCUT2D eigenvalue weighted by atomic mass is 10.1. The molecule has 3 nitrogen and oxygen atoms in total. The second-order valence-corrected chi connectivity index (χ2v) is 11.2. The molecule has 0 spiro atoms. The number of ether oxygens (including phenoxy) is 1. The van der Waals surface area contributed by atoms with Gasteiger partial charge in [0.15, 0.2) is 5.82 Å². The molecule has 1 aromatic carbocycles. The van der Waals surface area contributed by atoms with Crippen molar-refractivity contribution >= 4 is 0 Å². The van der Waals surface area contributed by atoms with Crippen molar-refractivity contribution in [2.24, 2.45) is 0 Å². The van der Waals surface area contributed by atoms with Gasteiger partial charge in [-0.3, -0.25) is 0 Å². The maximum Gasteiger partial charge on any atom is 0.159 e. The Morgan fingerprint density at radius 3 is 1.75 bits per heavy atom. The zero-order chi connectivity index (χ0) is 28.4. The summed E-state index contributed by atoms with van der Waals surface area (Å²) in [5.74, 6) is 1.72. The summed E-state index contributed by atoms with van der Waals surface area (Å²) in [4.78, 5) is 9.22. The average Bonchev–Trinajstić information content (AvgIpc) is 2.99. The molecule has 1 heterocycles. The molecule has 0 radical (unpaired) electrons. The molecule has 0 unspecified atom stereocenters. The molecule has 40 heavy (non-hydrogen) atoms. The van der Waals surface area contributed by atoms with Gasteiger partial charge >= 0.3 is 0 Å². The molecule has 0 bridgehead atoms. The van der Waals surface area contributed by atoms with E-state index in [0.29, 0.717) is 0 Å². The van der Waals surface area contributed by atoms with E-state index >= 15 is 0 Å². The van der Waals surface area contributed by atoms with Crippen LogP contribution in [0.25, 0.3) is 11.4 Å². The van der Waals surface area contributed by atoms with Crippen LogP contribution in [0.3, 0.4) is 0 Å². The lowest BCUT2D eigenvalue weighted by molar-refractivity contribution is 0.304. The summed E-state index contributed by atoms with van der Waals surface area (Å²) in [5, 5.41) is 0. The number of aromatic nitrogens is 2. The van der Waals surface area contributed by atoms with Crippen molar-refractivity contribution in [2.45, 2.75) is 142 Å². The van der Waals surface area contributed by atoms with Crippen molar-refractivity contribution in [3.63, 3.8) is 0 Å². The number of rotatable bonds is 25. The van der Waals surface area contributed by atoms with Crippen LogP contribution in [-0.4, -0.2) is 16.6 Å². The normalized spacial score (nSPS) is 11.7. The first-order valence-electron chi connectivity index (χ1n) is 16.7. The van der Waals surface area contributed by atoms with E-state index in [4.69, 9.17) is 4.74 Å². The predicted octanol–water partition coefficient (Wildman–Crippen LogP) is 11.6. The van der Waals surface area contributed by atoms with Gasteiger partial charge in [0.05, 0.1) is 6.61 Å². The van der Waals surface area contributed by atoms with Crippen LogP contribution < -0.4 is 4.74 Å². The van der Waals surface area contributed by atoms with Crippen LogP contribution in [0.2, 0.25) is 0 Å². The molecule has 0 aliphatic carbocycles. The Bertz CT molecular complexity index is 885. The number of unbranched alkanes of at least 4 members (excludes halogenated alkanes) is 15. The Morgan fingerprint density at radius 2 is 1.10 bits per heavy atom. The van der Waals surface area contributed by atoms with Gasteiger partial charge in [0.1, 0.15) is 5.75 Å². The quantitative estimate of drug-likeness (QED) is 0.0917. The van der Waals surface area contributed by atoms with Crippen LogP contribution in [0.15, 0.2) is 61.0 Å². The fourth-order valence-electron chi connectivity index (χ4n) is 4.90. The molecule has 0 aliphatic heterocycles. The van der Waals surface area contributed by atoms with Gasteiger partial charge in [-0.2, -0.15) is 0 Å². The Hall–Kier alpha value is -2.42. The molecular weight excluding hydrogens is 488 g/mol. The van der Waals surface area contributed by atoms with E-state index in [1.54, 1.807) is 0 Å². The maximum atomic E-state index is 5.97. The summed E-state index contributed by atoms with van der Waals surface area (Å²) in [7, 11) is 0. The molecule has 0 saturated carbocycles. The van der Waals surface area contributed by atoms with Crippen LogP contribution in [0.4, 0.5) is 0 Å². The first-order valence-corrected chi connectivity index (χ1v) is 16.7. The molecule has 1 aromatic heterocycles. The number of nitrogens with zero attached hydrogens (tertiary/aromatic N) is 2. The van der Waals surface area contributed by atoms with Gasteiger partial charge in [-0.15, -0.1) is 0 Å². The van der Waals surface area contributed by atoms with Crippen LogP contribution >= 0.6 is 0 Å². The van der Waals surface area contributed by atoms with Crippen LogP contribution in [-0.2, 0) is 6.42 Å². The van der Waals surface area contributed by atoms with Crippen molar-refractivity contribution in [2.75, 3.05) is 6.61 Å². The van der Waals surface area contributed by atoms with Gasteiger partial charge in [0.2, 0.25) is 0 Å². The van der Waals surface area contributed by atoms with Gasteiger partial charge in [-0.25, -0.2) is 9.97 Å². The number of allylic oxidation sites excluding steroid dienone is 4. The first kappa shape index (κ1) is 33.8. The Kier molecular flexibility index (Phi) is 20.6. The minimum atomic E-state index is 0.790. The van der Waals surface area contributed by atoms with Crippen molar-refractivity contribution in [3.8, 4) is 17.1 Å². The average molecular weight is 547 g/mol. The molecule has 0 amide bonds. The highest BCUT2D eigenvalue weighted by Crippen LogP contribution is 2.20. The SMILES string of the molecule is CCCCCC=CCC=CCCCCCCCCOc1ccc(-c2ncc(CCCCCCCCC)cn2)cc1. The number of benzene rings is 1. The van der Waals surface area contributed by atoms with E-state index in [9.17, 15) is 0 Å². The summed E-state index contributed by atoms with van der Waals surface area (Å²) in [6, 6.07) is 8.22. The number of hydrogen-bond acceptors (Lipinski definition) is 3. The third-order valence-electron chi connectivity index (χ3n) is 7.50. The summed E-state index contributed by atoms with van der Waals surface area (Å²) in [6.45, 7) is 5.32. The molecule has 0 atom stereocenters. The maximum absolute atomic E-state index is 5.97. The van der Waals surface area contributed by atoms with Crippen molar-refractivity contribution in [3.05, 3.63) is 66.5 Å². The first-order chi connectivity index (χ1) is 19.8. The van der Waals surface area contributed by atoms with Gasteiger partial charge < -0.3 is 4.74 Å². The van der Waals surface area contributed by atoms with Gasteiger partial charge in [-0.05, 0) is 81.2 Å². The molecule has 0 saturated heterocycles. The van der Waals surface area contributed by atoms with E-state index in [1.165, 1.54) is 115 Å². The third-order valence-corrected chi connectivity index (χ3v) is 7.50. The molecule has 3 heteroatoms. The van der Waals surface area contributed by atoms with E-state index in [0.717, 1.165) is 43.0 Å². The largest absolute Gasteiger partial charge is 0.494 e. The van der Waals surface area contributed by atoms with Crippen LogP contribution in [0.5, 0.6) is 5.75 Å². The summed E-state index contributed by atoms with van der Waals surface area (Å²) in [6.07, 6.45) is 38.9. The van der Waals surface area contributed by atoms with Crippen LogP contribution in [0, 0.1) is 0 Å². The Labute approximate surface area is 247 Å². The summed E-state index contributed by atoms with van der Waals surface area (Å²) < 4.78 is 5.97. The number of hydrogen-bond donors (Lipinski definition) is 0. The Balaban J connectivity index is 1.47. The molecular formula is C37H58N2O. The van der Waals surface area contributed by atoms with E-state index in [2.05, 4.69) is 60.3 Å². The lowest BCUT2D eigenvalue weighted by Gasteiger charge is -2.07. The van der Waals surface area contributed by atoms with Gasteiger partial charge in [0.25, 0.3) is 0 Å². The zero-order valence-electron chi connectivity index (χ0n) is 25.9. The monoisotopic (exact) mass is 546 g/mol. The van der Waals surface area contributed by atoms with Crippen molar-refractivity contribution < 1.29 is 4.74 Å². The molecule has 0 aliphatic rings. The molecule has 0 fully saturated rings. The van der Waals surface area contributed by atoms with Gasteiger partial charge in [-0.1, -0.05) is 115 Å². The smallest absolute Gasteiger partial charge is 0.159 e. The van der Waals surface area contributed by atoms with E-state index in [1.807, 2.05) is 24.5 Å². The minimum absolute atomic E-state index is 0.790. The van der Waals surface area contributed by atoms with Gasteiger partial charge in [0, 0.05) is 18.0 Å². The van der Waals surface area contributed by atoms with Crippen LogP contribution in [0.1, 0.15) is 141 Å². The molecule has 2 rings (SSSR count). The van der Waals surface area contributed by atoms with E-state index < -0.39 is 0 Å². The molecule has 2 aromatic rings. The zero-order valence-corrected chi connectivity index (χ0v) is 25.9. The fourth-order valence-corrected chi connectivity index (χ4v) is 4.90. The second kappa shape index (κ2) is 24.4. The molecule has 222 valence electrons. The Morgan fingerprint density at radius 1 is 0.575 bits per heavy atom.